The highest BCUT2D eigenvalue weighted by molar-refractivity contribution is 7.80. The first-order valence-corrected chi connectivity index (χ1v) is 10.7. The van der Waals surface area contributed by atoms with Gasteiger partial charge in [-0.05, 0) is 74.4 Å². The van der Waals surface area contributed by atoms with Gasteiger partial charge in [-0.15, -0.1) is 0 Å². The number of ether oxygens (including phenoxy) is 2. The molecule has 2 N–H and O–H groups in total. The third-order valence-corrected chi connectivity index (χ3v) is 5.32. The van der Waals surface area contributed by atoms with E-state index >= 15 is 0 Å². The van der Waals surface area contributed by atoms with E-state index in [1.807, 2.05) is 13.0 Å². The molecule has 7 heteroatoms. The van der Waals surface area contributed by atoms with Gasteiger partial charge in [0.05, 0.1) is 31.4 Å². The van der Waals surface area contributed by atoms with Crippen molar-refractivity contribution in [1.29, 1.82) is 0 Å². The van der Waals surface area contributed by atoms with Crippen LogP contribution in [0, 0.1) is 6.92 Å². The topological polar surface area (TPSA) is 62.8 Å². The summed E-state index contributed by atoms with van der Waals surface area (Å²) in [7, 11) is 0. The average Bonchev–Trinajstić information content (AvgIpc) is 2.76. The second-order valence-electron chi connectivity index (χ2n) is 7.26. The Hall–Kier alpha value is -2.64. The van der Waals surface area contributed by atoms with Gasteiger partial charge < -0.3 is 25.0 Å². The molecule has 0 bridgehead atoms. The van der Waals surface area contributed by atoms with Crippen LogP contribution >= 0.6 is 12.2 Å². The molecule has 30 heavy (non-hydrogen) atoms. The third-order valence-electron chi connectivity index (χ3n) is 5.10. The van der Waals surface area contributed by atoms with Crippen LogP contribution in [0.25, 0.3) is 0 Å². The predicted molar refractivity (Wildman–Crippen MR) is 124 cm³/mol. The number of carbonyl (C=O) groups excluding carboxylic acids is 1. The van der Waals surface area contributed by atoms with Crippen LogP contribution < -0.4 is 15.5 Å². The van der Waals surface area contributed by atoms with E-state index in [9.17, 15) is 4.79 Å². The van der Waals surface area contributed by atoms with Crippen molar-refractivity contribution in [3.63, 3.8) is 0 Å². The van der Waals surface area contributed by atoms with Crippen molar-refractivity contribution in [3.05, 3.63) is 59.2 Å². The predicted octanol–water partition coefficient (Wildman–Crippen LogP) is 4.06. The molecule has 2 aromatic carbocycles. The van der Waals surface area contributed by atoms with Crippen molar-refractivity contribution in [3.8, 4) is 0 Å². The molecular formula is C23H29N3O3S. The minimum atomic E-state index is -0.318. The summed E-state index contributed by atoms with van der Waals surface area (Å²) in [5, 5.41) is 7.08. The lowest BCUT2D eigenvalue weighted by atomic mass is 10.1. The first-order valence-electron chi connectivity index (χ1n) is 10.3. The Labute approximate surface area is 183 Å². The minimum Gasteiger partial charge on any atom is -0.462 e. The van der Waals surface area contributed by atoms with Gasteiger partial charge in [0.15, 0.2) is 5.11 Å². The number of hydrogen-bond acceptors (Lipinski definition) is 5. The Kier molecular flexibility index (Phi) is 7.65. The zero-order valence-electron chi connectivity index (χ0n) is 17.7. The number of carbonyl (C=O) groups is 1. The number of aryl methyl sites for hydroxylation is 1. The van der Waals surface area contributed by atoms with Crippen molar-refractivity contribution in [2.75, 3.05) is 43.1 Å². The van der Waals surface area contributed by atoms with Crippen LogP contribution in [0.3, 0.4) is 0 Å². The molecule has 1 aliphatic rings. The van der Waals surface area contributed by atoms with Crippen LogP contribution in [0.15, 0.2) is 42.5 Å². The Morgan fingerprint density at radius 3 is 2.53 bits per heavy atom. The molecule has 2 aromatic rings. The summed E-state index contributed by atoms with van der Waals surface area (Å²) >= 11 is 5.49. The van der Waals surface area contributed by atoms with Gasteiger partial charge in [-0.3, -0.25) is 0 Å². The molecule has 0 amide bonds. The largest absolute Gasteiger partial charge is 0.462 e. The fourth-order valence-electron chi connectivity index (χ4n) is 3.38. The molecule has 3 rings (SSSR count). The number of nitrogens with zero attached hydrogens (tertiary/aromatic N) is 1. The maximum absolute atomic E-state index is 11.9. The van der Waals surface area contributed by atoms with Gasteiger partial charge in [0.25, 0.3) is 0 Å². The van der Waals surface area contributed by atoms with E-state index in [2.05, 4.69) is 46.7 Å². The minimum absolute atomic E-state index is 0.0582. The first kappa shape index (κ1) is 22.1. The van der Waals surface area contributed by atoms with E-state index < -0.39 is 0 Å². The Morgan fingerprint density at radius 1 is 1.20 bits per heavy atom. The molecule has 0 unspecified atom stereocenters. The molecule has 1 atom stereocenters. The average molecular weight is 428 g/mol. The summed E-state index contributed by atoms with van der Waals surface area (Å²) < 4.78 is 10.5. The standard InChI is InChI=1S/C23H29N3O3S/c1-4-29-22(27)19-7-10-21(16(2)15-19)25-23(30)24-17(3)18-5-8-20(9-6-18)26-11-13-28-14-12-26/h5-10,15,17H,4,11-14H2,1-3H3,(H2,24,25,30)/t17-/m1/s1. The number of rotatable bonds is 6. The normalized spacial score (nSPS) is 14.7. The summed E-state index contributed by atoms with van der Waals surface area (Å²) in [6.45, 7) is 9.57. The van der Waals surface area contributed by atoms with Crippen molar-refractivity contribution >= 4 is 34.7 Å². The number of hydrogen-bond donors (Lipinski definition) is 2. The molecule has 0 saturated carbocycles. The lowest BCUT2D eigenvalue weighted by Crippen LogP contribution is -2.36. The molecule has 6 nitrogen and oxygen atoms in total. The van der Waals surface area contributed by atoms with Crippen LogP contribution in [-0.4, -0.2) is 44.0 Å². The number of thiocarbonyl (C=S) groups is 1. The highest BCUT2D eigenvalue weighted by Gasteiger charge is 2.13. The van der Waals surface area contributed by atoms with Crippen LogP contribution in [-0.2, 0) is 9.47 Å². The maximum Gasteiger partial charge on any atom is 0.338 e. The van der Waals surface area contributed by atoms with E-state index in [4.69, 9.17) is 21.7 Å². The monoisotopic (exact) mass is 427 g/mol. The number of anilines is 2. The fourth-order valence-corrected chi connectivity index (χ4v) is 3.67. The molecule has 0 spiro atoms. The summed E-state index contributed by atoms with van der Waals surface area (Å²) in [6.07, 6.45) is 0. The van der Waals surface area contributed by atoms with Gasteiger partial charge >= 0.3 is 5.97 Å². The second-order valence-corrected chi connectivity index (χ2v) is 7.67. The SMILES string of the molecule is CCOC(=O)c1ccc(NC(=S)N[C@H](C)c2ccc(N3CCOCC3)cc2)c(C)c1. The molecule has 1 fully saturated rings. The molecule has 1 aliphatic heterocycles. The van der Waals surface area contributed by atoms with Crippen molar-refractivity contribution in [1.82, 2.24) is 5.32 Å². The van der Waals surface area contributed by atoms with E-state index in [0.29, 0.717) is 17.3 Å². The summed E-state index contributed by atoms with van der Waals surface area (Å²) in [5.41, 5.74) is 4.69. The molecular weight excluding hydrogens is 398 g/mol. The number of esters is 1. The Morgan fingerprint density at radius 2 is 1.90 bits per heavy atom. The number of benzene rings is 2. The van der Waals surface area contributed by atoms with Gasteiger partial charge in [-0.2, -0.15) is 0 Å². The molecule has 1 saturated heterocycles. The van der Waals surface area contributed by atoms with Crippen molar-refractivity contribution < 1.29 is 14.3 Å². The lowest BCUT2D eigenvalue weighted by molar-refractivity contribution is 0.0526. The lowest BCUT2D eigenvalue weighted by Gasteiger charge is -2.29. The van der Waals surface area contributed by atoms with Crippen LogP contribution in [0.4, 0.5) is 11.4 Å². The quantitative estimate of drug-likeness (QED) is 0.532. The zero-order valence-corrected chi connectivity index (χ0v) is 18.6. The van der Waals surface area contributed by atoms with Crippen molar-refractivity contribution in [2.24, 2.45) is 0 Å². The van der Waals surface area contributed by atoms with E-state index in [0.717, 1.165) is 43.1 Å². The van der Waals surface area contributed by atoms with Crippen LogP contribution in [0.2, 0.25) is 0 Å². The van der Waals surface area contributed by atoms with E-state index in [1.165, 1.54) is 5.69 Å². The van der Waals surface area contributed by atoms with E-state index in [1.54, 1.807) is 19.1 Å². The first-order chi connectivity index (χ1) is 14.5. The summed E-state index contributed by atoms with van der Waals surface area (Å²) in [4.78, 5) is 14.2. The van der Waals surface area contributed by atoms with Gasteiger partial charge in [-0.25, -0.2) is 4.79 Å². The Balaban J connectivity index is 1.57. The molecule has 0 aromatic heterocycles. The van der Waals surface area contributed by atoms with Crippen LogP contribution in [0.5, 0.6) is 0 Å². The second kappa shape index (κ2) is 10.4. The van der Waals surface area contributed by atoms with Gasteiger partial charge in [0, 0.05) is 24.5 Å². The van der Waals surface area contributed by atoms with Crippen LogP contribution in [0.1, 0.15) is 41.4 Å². The highest BCUT2D eigenvalue weighted by Crippen LogP contribution is 2.21. The Bertz CT molecular complexity index is 880. The van der Waals surface area contributed by atoms with E-state index in [-0.39, 0.29) is 12.0 Å². The van der Waals surface area contributed by atoms with Crippen molar-refractivity contribution in [2.45, 2.75) is 26.8 Å². The number of nitrogens with one attached hydrogen (secondary N) is 2. The molecule has 1 heterocycles. The smallest absolute Gasteiger partial charge is 0.338 e. The summed E-state index contributed by atoms with van der Waals surface area (Å²) in [6, 6.07) is 14.0. The number of morpholine rings is 1. The molecule has 0 aliphatic carbocycles. The van der Waals surface area contributed by atoms with Gasteiger partial charge in [-0.1, -0.05) is 12.1 Å². The van der Waals surface area contributed by atoms with Gasteiger partial charge in [0.2, 0.25) is 0 Å². The molecule has 160 valence electrons. The highest BCUT2D eigenvalue weighted by atomic mass is 32.1. The maximum atomic E-state index is 11.9. The van der Waals surface area contributed by atoms with Gasteiger partial charge in [0.1, 0.15) is 0 Å². The third kappa shape index (κ3) is 5.70. The molecule has 0 radical (unpaired) electrons. The zero-order chi connectivity index (χ0) is 21.5. The summed E-state index contributed by atoms with van der Waals surface area (Å²) in [5.74, 6) is -0.318. The fraction of sp³-hybridized carbons (Fsp3) is 0.391.